The number of benzene rings is 3. The van der Waals surface area contributed by atoms with Crippen molar-refractivity contribution in [2.75, 3.05) is 30.3 Å². The van der Waals surface area contributed by atoms with Crippen molar-refractivity contribution in [1.82, 2.24) is 0 Å². The minimum atomic E-state index is -0.336. The number of thioether (sulfide) groups is 1. The van der Waals surface area contributed by atoms with Crippen molar-refractivity contribution >= 4 is 35.0 Å². The Morgan fingerprint density at radius 2 is 1.74 bits per heavy atom. The molecule has 7 nitrogen and oxygen atoms in total. The number of carbonyl (C=O) groups excluding carboxylic acids is 2. The average Bonchev–Trinajstić information content (AvgIpc) is 3.26. The van der Waals surface area contributed by atoms with Gasteiger partial charge in [0.15, 0.2) is 11.5 Å². The molecule has 0 bridgehead atoms. The summed E-state index contributed by atoms with van der Waals surface area (Å²) in [5.74, 6) is 1.65. The largest absolute Gasteiger partial charge is 0.497 e. The number of hydrogen-bond donors (Lipinski definition) is 2. The Morgan fingerprint density at radius 1 is 0.968 bits per heavy atom. The molecule has 0 atom stereocenters. The van der Waals surface area contributed by atoms with Crippen molar-refractivity contribution in [2.24, 2.45) is 0 Å². The maximum absolute atomic E-state index is 12.8. The lowest BCUT2D eigenvalue weighted by molar-refractivity contribution is -0.113. The molecule has 0 aromatic heterocycles. The van der Waals surface area contributed by atoms with E-state index >= 15 is 0 Å². The molecule has 1 aliphatic heterocycles. The summed E-state index contributed by atoms with van der Waals surface area (Å²) in [6.45, 7) is 0.163. The number of anilines is 2. The van der Waals surface area contributed by atoms with E-state index in [4.69, 9.17) is 14.2 Å². The van der Waals surface area contributed by atoms with E-state index in [2.05, 4.69) is 10.6 Å². The van der Waals surface area contributed by atoms with Gasteiger partial charge in [-0.2, -0.15) is 0 Å². The fourth-order valence-electron chi connectivity index (χ4n) is 2.97. The fraction of sp³-hybridized carbons (Fsp3) is 0.130. The molecule has 1 aliphatic rings. The fourth-order valence-corrected chi connectivity index (χ4v) is 3.67. The predicted octanol–water partition coefficient (Wildman–Crippen LogP) is 4.41. The maximum atomic E-state index is 12.8. The Bertz CT molecular complexity index is 1100. The van der Waals surface area contributed by atoms with Crippen molar-refractivity contribution < 1.29 is 23.8 Å². The van der Waals surface area contributed by atoms with Gasteiger partial charge in [-0.3, -0.25) is 9.59 Å². The maximum Gasteiger partial charge on any atom is 0.257 e. The van der Waals surface area contributed by atoms with Gasteiger partial charge in [-0.25, -0.2) is 0 Å². The van der Waals surface area contributed by atoms with Gasteiger partial charge < -0.3 is 24.8 Å². The van der Waals surface area contributed by atoms with E-state index in [1.807, 2.05) is 24.3 Å². The standard InChI is InChI=1S/C23H20N2O5S/c1-28-16-7-9-17(10-8-16)31-13-22(26)25-19-5-3-2-4-18(19)23(27)24-15-6-11-20-21(12-15)30-14-29-20/h2-12H,13-14H2,1H3,(H,24,27)(H,25,26). The zero-order chi connectivity index (χ0) is 21.6. The molecular weight excluding hydrogens is 416 g/mol. The molecule has 2 N–H and O–H groups in total. The van der Waals surface area contributed by atoms with Gasteiger partial charge in [0.25, 0.3) is 5.91 Å². The highest BCUT2D eigenvalue weighted by Crippen LogP contribution is 2.34. The van der Waals surface area contributed by atoms with Gasteiger partial charge in [-0.1, -0.05) is 12.1 Å². The highest BCUT2D eigenvalue weighted by molar-refractivity contribution is 8.00. The number of amides is 2. The summed E-state index contributed by atoms with van der Waals surface area (Å²) in [6.07, 6.45) is 0. The second-order valence-corrected chi connectivity index (χ2v) is 7.63. The molecule has 1 heterocycles. The Balaban J connectivity index is 1.39. The van der Waals surface area contributed by atoms with Gasteiger partial charge in [0.05, 0.1) is 24.1 Å². The molecule has 0 radical (unpaired) electrons. The first-order valence-electron chi connectivity index (χ1n) is 9.49. The van der Waals surface area contributed by atoms with Crippen LogP contribution in [0.25, 0.3) is 0 Å². The minimum absolute atomic E-state index is 0.163. The second kappa shape index (κ2) is 9.44. The van der Waals surface area contributed by atoms with Crippen LogP contribution in [0.3, 0.4) is 0 Å². The zero-order valence-corrected chi connectivity index (χ0v) is 17.5. The van der Waals surface area contributed by atoms with Gasteiger partial charge in [0, 0.05) is 16.6 Å². The Kier molecular flexibility index (Phi) is 6.28. The van der Waals surface area contributed by atoms with E-state index in [1.165, 1.54) is 11.8 Å². The lowest BCUT2D eigenvalue weighted by atomic mass is 10.1. The summed E-state index contributed by atoms with van der Waals surface area (Å²) in [7, 11) is 1.61. The summed E-state index contributed by atoms with van der Waals surface area (Å²) >= 11 is 1.40. The Labute approximate surface area is 183 Å². The first kappa shape index (κ1) is 20.6. The molecule has 3 aromatic rings. The molecule has 8 heteroatoms. The van der Waals surface area contributed by atoms with Crippen molar-refractivity contribution in [2.45, 2.75) is 4.90 Å². The van der Waals surface area contributed by atoms with Crippen LogP contribution in [0.2, 0.25) is 0 Å². The summed E-state index contributed by atoms with van der Waals surface area (Å²) in [5.41, 5.74) is 1.38. The van der Waals surface area contributed by atoms with E-state index in [-0.39, 0.29) is 24.4 Å². The summed E-state index contributed by atoms with van der Waals surface area (Å²) in [5, 5.41) is 5.65. The van der Waals surface area contributed by atoms with E-state index in [0.29, 0.717) is 28.4 Å². The third-order valence-corrected chi connectivity index (χ3v) is 5.52. The molecule has 31 heavy (non-hydrogen) atoms. The topological polar surface area (TPSA) is 85.9 Å². The quantitative estimate of drug-likeness (QED) is 0.534. The average molecular weight is 436 g/mol. The van der Waals surface area contributed by atoms with Crippen LogP contribution < -0.4 is 24.8 Å². The van der Waals surface area contributed by atoms with Crippen LogP contribution in [0, 0.1) is 0 Å². The second-order valence-electron chi connectivity index (χ2n) is 6.58. The lowest BCUT2D eigenvalue weighted by Crippen LogP contribution is -2.19. The third-order valence-electron chi connectivity index (χ3n) is 4.51. The molecule has 0 unspecified atom stereocenters. The number of carbonyl (C=O) groups is 2. The van der Waals surface area contributed by atoms with Crippen LogP contribution in [0.15, 0.2) is 71.6 Å². The van der Waals surface area contributed by atoms with Crippen LogP contribution in [0.5, 0.6) is 17.2 Å². The van der Waals surface area contributed by atoms with Gasteiger partial charge >= 0.3 is 0 Å². The van der Waals surface area contributed by atoms with Crippen LogP contribution >= 0.6 is 11.8 Å². The molecule has 0 spiro atoms. The van der Waals surface area contributed by atoms with Crippen molar-refractivity contribution in [3.63, 3.8) is 0 Å². The van der Waals surface area contributed by atoms with Crippen LogP contribution in [0.4, 0.5) is 11.4 Å². The number of fused-ring (bicyclic) bond motifs is 1. The van der Waals surface area contributed by atoms with Crippen molar-refractivity contribution in [1.29, 1.82) is 0 Å². The number of rotatable bonds is 7. The monoisotopic (exact) mass is 436 g/mol. The highest BCUT2D eigenvalue weighted by atomic mass is 32.2. The molecule has 3 aromatic carbocycles. The smallest absolute Gasteiger partial charge is 0.257 e. The normalized spacial score (nSPS) is 11.6. The number of hydrogen-bond acceptors (Lipinski definition) is 6. The molecule has 2 amide bonds. The van der Waals surface area contributed by atoms with Crippen LogP contribution in [-0.2, 0) is 4.79 Å². The molecule has 0 saturated heterocycles. The first-order chi connectivity index (χ1) is 15.1. The summed E-state index contributed by atoms with van der Waals surface area (Å²) < 4.78 is 15.8. The zero-order valence-electron chi connectivity index (χ0n) is 16.7. The van der Waals surface area contributed by atoms with Crippen LogP contribution in [-0.4, -0.2) is 31.5 Å². The molecular formula is C23H20N2O5S. The first-order valence-corrected chi connectivity index (χ1v) is 10.5. The molecule has 0 saturated carbocycles. The Morgan fingerprint density at radius 3 is 2.55 bits per heavy atom. The van der Waals surface area contributed by atoms with Gasteiger partial charge in [-0.15, -0.1) is 11.8 Å². The minimum Gasteiger partial charge on any atom is -0.497 e. The molecule has 4 rings (SSSR count). The van der Waals surface area contributed by atoms with Crippen LogP contribution in [0.1, 0.15) is 10.4 Å². The molecule has 158 valence electrons. The van der Waals surface area contributed by atoms with Gasteiger partial charge in [0.1, 0.15) is 5.75 Å². The SMILES string of the molecule is COc1ccc(SCC(=O)Nc2ccccc2C(=O)Nc2ccc3c(c2)OCO3)cc1. The number of methoxy groups -OCH3 is 1. The predicted molar refractivity (Wildman–Crippen MR) is 119 cm³/mol. The number of ether oxygens (including phenoxy) is 3. The van der Waals surface area contributed by atoms with Gasteiger partial charge in [0.2, 0.25) is 12.7 Å². The highest BCUT2D eigenvalue weighted by Gasteiger charge is 2.17. The van der Waals surface area contributed by atoms with Crippen molar-refractivity contribution in [3.05, 3.63) is 72.3 Å². The summed E-state index contributed by atoms with van der Waals surface area (Å²) in [4.78, 5) is 26.2. The molecule has 0 fully saturated rings. The lowest BCUT2D eigenvalue weighted by Gasteiger charge is -2.12. The molecule has 0 aliphatic carbocycles. The number of nitrogens with one attached hydrogen (secondary N) is 2. The number of para-hydroxylation sites is 1. The van der Waals surface area contributed by atoms with E-state index in [0.717, 1.165) is 10.6 Å². The Hall–Kier alpha value is -3.65. The third kappa shape index (κ3) is 5.10. The van der Waals surface area contributed by atoms with E-state index < -0.39 is 0 Å². The summed E-state index contributed by atoms with van der Waals surface area (Å²) in [6, 6.07) is 19.5. The van der Waals surface area contributed by atoms with E-state index in [9.17, 15) is 9.59 Å². The van der Waals surface area contributed by atoms with E-state index in [1.54, 1.807) is 49.6 Å². The van der Waals surface area contributed by atoms with Crippen molar-refractivity contribution in [3.8, 4) is 17.2 Å². The van der Waals surface area contributed by atoms with Gasteiger partial charge in [-0.05, 0) is 48.5 Å².